The van der Waals surface area contributed by atoms with Crippen LogP contribution in [0.5, 0.6) is 0 Å². The standard InChI is InChI=1S/C13H25N3O3/c1-10(17)15-12(13(18)19-3)9-16-6-4-5-11(8-16)7-14-2/h11-12,14H,4-9H2,1-3H3,(H,15,17). The molecule has 1 heterocycles. The first-order chi connectivity index (χ1) is 9.06. The minimum Gasteiger partial charge on any atom is -0.467 e. The van der Waals surface area contributed by atoms with E-state index in [1.54, 1.807) is 0 Å². The smallest absolute Gasteiger partial charge is 0.329 e. The van der Waals surface area contributed by atoms with Crippen molar-refractivity contribution in [2.24, 2.45) is 5.92 Å². The lowest BCUT2D eigenvalue weighted by molar-refractivity contribution is -0.145. The van der Waals surface area contributed by atoms with Gasteiger partial charge in [0.15, 0.2) is 0 Å². The Labute approximate surface area is 114 Å². The van der Waals surface area contributed by atoms with Gasteiger partial charge in [-0.1, -0.05) is 0 Å². The van der Waals surface area contributed by atoms with Crippen LogP contribution in [0.25, 0.3) is 0 Å². The normalized spacial score (nSPS) is 21.7. The summed E-state index contributed by atoms with van der Waals surface area (Å²) in [4.78, 5) is 25.0. The highest BCUT2D eigenvalue weighted by Crippen LogP contribution is 2.16. The lowest BCUT2D eigenvalue weighted by atomic mass is 9.97. The molecule has 0 aliphatic carbocycles. The maximum atomic E-state index is 11.7. The fraction of sp³-hybridized carbons (Fsp3) is 0.846. The lowest BCUT2D eigenvalue weighted by Gasteiger charge is -2.34. The molecule has 1 fully saturated rings. The third kappa shape index (κ3) is 5.57. The topological polar surface area (TPSA) is 70.7 Å². The average Bonchev–Trinajstić information content (AvgIpc) is 2.37. The van der Waals surface area contributed by atoms with Crippen molar-refractivity contribution in [2.75, 3.05) is 40.3 Å². The number of nitrogens with one attached hydrogen (secondary N) is 2. The van der Waals surface area contributed by atoms with Gasteiger partial charge in [-0.25, -0.2) is 4.79 Å². The summed E-state index contributed by atoms with van der Waals surface area (Å²) < 4.78 is 4.74. The predicted molar refractivity (Wildman–Crippen MR) is 72.7 cm³/mol. The number of likely N-dealkylation sites (tertiary alicyclic amines) is 1. The summed E-state index contributed by atoms with van der Waals surface area (Å²) in [5.41, 5.74) is 0. The molecule has 19 heavy (non-hydrogen) atoms. The van der Waals surface area contributed by atoms with Crippen molar-refractivity contribution in [3.63, 3.8) is 0 Å². The zero-order chi connectivity index (χ0) is 14.3. The molecule has 2 unspecified atom stereocenters. The maximum absolute atomic E-state index is 11.7. The Bertz CT molecular complexity index is 308. The summed E-state index contributed by atoms with van der Waals surface area (Å²) in [6, 6.07) is -0.573. The molecule has 0 aromatic carbocycles. The number of methoxy groups -OCH3 is 1. The van der Waals surface area contributed by atoms with E-state index in [-0.39, 0.29) is 11.9 Å². The number of rotatable bonds is 6. The number of hydrogen-bond acceptors (Lipinski definition) is 5. The van der Waals surface area contributed by atoms with E-state index < -0.39 is 6.04 Å². The van der Waals surface area contributed by atoms with Crippen LogP contribution in [-0.4, -0.2) is 63.2 Å². The number of hydrogen-bond donors (Lipinski definition) is 2. The molecular weight excluding hydrogens is 246 g/mol. The van der Waals surface area contributed by atoms with E-state index in [2.05, 4.69) is 15.5 Å². The molecule has 0 aromatic rings. The number of esters is 1. The molecule has 0 saturated carbocycles. The summed E-state index contributed by atoms with van der Waals surface area (Å²) in [6.07, 6.45) is 2.33. The molecule has 0 radical (unpaired) electrons. The monoisotopic (exact) mass is 271 g/mol. The number of carbonyl (C=O) groups is 2. The number of carbonyl (C=O) groups excluding carboxylic acids is 2. The van der Waals surface area contributed by atoms with Gasteiger partial charge in [-0.3, -0.25) is 4.79 Å². The van der Waals surface area contributed by atoms with E-state index >= 15 is 0 Å². The molecule has 1 aliphatic heterocycles. The van der Waals surface area contributed by atoms with Gasteiger partial charge in [0.1, 0.15) is 6.04 Å². The number of nitrogens with zero attached hydrogens (tertiary/aromatic N) is 1. The minimum absolute atomic E-state index is 0.209. The molecule has 2 atom stereocenters. The summed E-state index contributed by atoms with van der Waals surface area (Å²) in [5, 5.41) is 5.84. The Balaban J connectivity index is 2.52. The van der Waals surface area contributed by atoms with Crippen molar-refractivity contribution in [3.05, 3.63) is 0 Å². The van der Waals surface area contributed by atoms with Crippen molar-refractivity contribution in [1.29, 1.82) is 0 Å². The molecule has 1 saturated heterocycles. The first-order valence-corrected chi connectivity index (χ1v) is 6.78. The highest BCUT2D eigenvalue weighted by Gasteiger charge is 2.26. The second-order valence-electron chi connectivity index (χ2n) is 5.10. The largest absolute Gasteiger partial charge is 0.467 e. The second kappa shape index (κ2) is 8.12. The molecule has 6 heteroatoms. The van der Waals surface area contributed by atoms with Crippen molar-refractivity contribution >= 4 is 11.9 Å². The Kier molecular flexibility index (Phi) is 6.80. The molecule has 110 valence electrons. The third-order valence-electron chi connectivity index (χ3n) is 3.40. The van der Waals surface area contributed by atoms with Crippen LogP contribution in [-0.2, 0) is 14.3 Å². The lowest BCUT2D eigenvalue weighted by Crippen LogP contribution is -2.51. The highest BCUT2D eigenvalue weighted by atomic mass is 16.5. The van der Waals surface area contributed by atoms with Crippen molar-refractivity contribution < 1.29 is 14.3 Å². The van der Waals surface area contributed by atoms with Crippen LogP contribution in [0.15, 0.2) is 0 Å². The molecule has 1 rings (SSSR count). The average molecular weight is 271 g/mol. The van der Waals surface area contributed by atoms with Crippen molar-refractivity contribution in [1.82, 2.24) is 15.5 Å². The zero-order valence-electron chi connectivity index (χ0n) is 12.1. The summed E-state index contributed by atoms with van der Waals surface area (Å²) >= 11 is 0. The van der Waals surface area contributed by atoms with Crippen LogP contribution in [0, 0.1) is 5.92 Å². The summed E-state index contributed by atoms with van der Waals surface area (Å²) in [7, 11) is 3.30. The molecule has 1 amide bonds. The fourth-order valence-electron chi connectivity index (χ4n) is 2.60. The van der Waals surface area contributed by atoms with Gasteiger partial charge in [-0.2, -0.15) is 0 Å². The molecule has 1 aliphatic rings. The van der Waals surface area contributed by atoms with Gasteiger partial charge in [0.05, 0.1) is 7.11 Å². The summed E-state index contributed by atoms with van der Waals surface area (Å²) in [6.45, 7) is 4.84. The molecule has 6 nitrogen and oxygen atoms in total. The second-order valence-corrected chi connectivity index (χ2v) is 5.10. The van der Waals surface area contributed by atoms with Gasteiger partial charge in [0.25, 0.3) is 0 Å². The highest BCUT2D eigenvalue weighted by molar-refractivity contribution is 5.83. The Morgan fingerprint density at radius 2 is 2.21 bits per heavy atom. The predicted octanol–water partition coefficient (Wildman–Crippen LogP) is -0.404. The maximum Gasteiger partial charge on any atom is 0.329 e. The zero-order valence-corrected chi connectivity index (χ0v) is 12.1. The molecule has 2 N–H and O–H groups in total. The Hall–Kier alpha value is -1.14. The quantitative estimate of drug-likeness (QED) is 0.643. The van der Waals surface area contributed by atoms with Crippen molar-refractivity contribution in [2.45, 2.75) is 25.8 Å². The Morgan fingerprint density at radius 3 is 2.79 bits per heavy atom. The van der Waals surface area contributed by atoms with Crippen LogP contribution < -0.4 is 10.6 Å². The number of ether oxygens (including phenoxy) is 1. The van der Waals surface area contributed by atoms with Gasteiger partial charge >= 0.3 is 5.97 Å². The molecule has 0 aromatic heterocycles. The first kappa shape index (κ1) is 15.9. The van der Waals surface area contributed by atoms with E-state index in [0.29, 0.717) is 12.5 Å². The van der Waals surface area contributed by atoms with Crippen LogP contribution in [0.2, 0.25) is 0 Å². The van der Waals surface area contributed by atoms with Crippen LogP contribution >= 0.6 is 0 Å². The van der Waals surface area contributed by atoms with Gasteiger partial charge in [0.2, 0.25) is 5.91 Å². The van der Waals surface area contributed by atoms with E-state index in [4.69, 9.17) is 4.74 Å². The van der Waals surface area contributed by atoms with Crippen LogP contribution in [0.3, 0.4) is 0 Å². The van der Waals surface area contributed by atoms with E-state index in [0.717, 1.165) is 26.1 Å². The summed E-state index contributed by atoms with van der Waals surface area (Å²) in [5.74, 6) is 0.0134. The van der Waals surface area contributed by atoms with Gasteiger partial charge < -0.3 is 20.3 Å². The molecule has 0 spiro atoms. The van der Waals surface area contributed by atoms with Crippen molar-refractivity contribution in [3.8, 4) is 0 Å². The van der Waals surface area contributed by atoms with Gasteiger partial charge in [-0.05, 0) is 38.9 Å². The van der Waals surface area contributed by atoms with Gasteiger partial charge in [0, 0.05) is 20.0 Å². The fourth-order valence-corrected chi connectivity index (χ4v) is 2.60. The van der Waals surface area contributed by atoms with E-state index in [1.807, 2.05) is 7.05 Å². The van der Waals surface area contributed by atoms with E-state index in [1.165, 1.54) is 20.5 Å². The number of piperidine rings is 1. The van der Waals surface area contributed by atoms with Crippen LogP contribution in [0.4, 0.5) is 0 Å². The number of amides is 1. The molecule has 0 bridgehead atoms. The Morgan fingerprint density at radius 1 is 1.47 bits per heavy atom. The first-order valence-electron chi connectivity index (χ1n) is 6.78. The SMILES string of the molecule is CNCC1CCCN(CC(NC(C)=O)C(=O)OC)C1. The molecular formula is C13H25N3O3. The van der Waals surface area contributed by atoms with E-state index in [9.17, 15) is 9.59 Å². The van der Waals surface area contributed by atoms with Gasteiger partial charge in [-0.15, -0.1) is 0 Å². The minimum atomic E-state index is -0.573. The third-order valence-corrected chi connectivity index (χ3v) is 3.40. The van der Waals surface area contributed by atoms with Crippen LogP contribution in [0.1, 0.15) is 19.8 Å².